The average Bonchev–Trinajstić information content (AvgIpc) is 2.86. The van der Waals surface area contributed by atoms with E-state index in [4.69, 9.17) is 9.47 Å². The molecule has 20 heavy (non-hydrogen) atoms. The second-order valence-electron chi connectivity index (χ2n) is 4.54. The lowest BCUT2D eigenvalue weighted by molar-refractivity contribution is 0.415. The number of rotatable bonds is 5. The second kappa shape index (κ2) is 6.62. The highest BCUT2D eigenvalue weighted by Crippen LogP contribution is 2.35. The quantitative estimate of drug-likeness (QED) is 0.768. The summed E-state index contributed by atoms with van der Waals surface area (Å²) in [6.45, 7) is 4.32. The maximum absolute atomic E-state index is 5.33. The fraction of sp³-hybridized carbons (Fsp3) is 0.294. The Labute approximate surface area is 124 Å². The van der Waals surface area contributed by atoms with Gasteiger partial charge in [-0.05, 0) is 48.2 Å². The molecule has 2 rings (SSSR count). The summed E-state index contributed by atoms with van der Waals surface area (Å²) in [5.41, 5.74) is 3.80. The van der Waals surface area contributed by atoms with Gasteiger partial charge in [-0.15, -0.1) is 11.3 Å². The fourth-order valence-corrected chi connectivity index (χ4v) is 3.01. The van der Waals surface area contributed by atoms with Crippen molar-refractivity contribution in [2.45, 2.75) is 20.3 Å². The molecule has 0 aliphatic rings. The van der Waals surface area contributed by atoms with Gasteiger partial charge in [0.1, 0.15) is 5.75 Å². The molecule has 106 valence electrons. The molecule has 0 aliphatic carbocycles. The maximum atomic E-state index is 5.33. The Balaban J connectivity index is 2.34. The van der Waals surface area contributed by atoms with Gasteiger partial charge in [-0.2, -0.15) is 0 Å². The first kappa shape index (κ1) is 14.7. The highest BCUT2D eigenvalue weighted by Gasteiger charge is 2.09. The summed E-state index contributed by atoms with van der Waals surface area (Å²) < 4.78 is 10.5. The number of ether oxygens (including phenoxy) is 2. The molecule has 1 aromatic heterocycles. The molecule has 0 radical (unpaired) electrons. The third-order valence-corrected chi connectivity index (χ3v) is 4.29. The summed E-state index contributed by atoms with van der Waals surface area (Å²) in [6.07, 6.45) is 3.22. The zero-order chi connectivity index (χ0) is 14.5. The molecule has 0 saturated carbocycles. The van der Waals surface area contributed by atoms with E-state index < -0.39 is 0 Å². The van der Waals surface area contributed by atoms with Gasteiger partial charge in [0.15, 0.2) is 5.06 Å². The van der Waals surface area contributed by atoms with Crippen LogP contribution in [-0.4, -0.2) is 14.2 Å². The lowest BCUT2D eigenvalue weighted by Crippen LogP contribution is -1.85. The Morgan fingerprint density at radius 3 is 2.35 bits per heavy atom. The van der Waals surface area contributed by atoms with E-state index in [9.17, 15) is 0 Å². The van der Waals surface area contributed by atoms with Gasteiger partial charge in [0, 0.05) is 4.88 Å². The maximum Gasteiger partial charge on any atom is 0.174 e. The first-order valence-electron chi connectivity index (χ1n) is 6.67. The SMILES string of the molecule is CCC(=Cc1ccc(OC)cc1)c1cc(OC)sc1C. The van der Waals surface area contributed by atoms with Crippen molar-refractivity contribution in [1.29, 1.82) is 0 Å². The van der Waals surface area contributed by atoms with Crippen molar-refractivity contribution in [2.24, 2.45) is 0 Å². The lowest BCUT2D eigenvalue weighted by atomic mass is 10.0. The van der Waals surface area contributed by atoms with Crippen LogP contribution in [0.4, 0.5) is 0 Å². The Morgan fingerprint density at radius 2 is 1.85 bits per heavy atom. The highest BCUT2D eigenvalue weighted by molar-refractivity contribution is 7.14. The molecule has 0 bridgehead atoms. The molecule has 0 aliphatic heterocycles. The molecule has 2 aromatic rings. The largest absolute Gasteiger partial charge is 0.497 e. The van der Waals surface area contributed by atoms with Crippen LogP contribution in [0, 0.1) is 6.92 Å². The van der Waals surface area contributed by atoms with Crippen molar-refractivity contribution in [1.82, 2.24) is 0 Å². The van der Waals surface area contributed by atoms with Crippen LogP contribution in [0.3, 0.4) is 0 Å². The molecule has 1 heterocycles. The van der Waals surface area contributed by atoms with Crippen molar-refractivity contribution >= 4 is 23.0 Å². The summed E-state index contributed by atoms with van der Waals surface area (Å²) in [6, 6.07) is 10.3. The molecule has 0 fully saturated rings. The number of hydrogen-bond acceptors (Lipinski definition) is 3. The number of aryl methyl sites for hydroxylation is 1. The minimum atomic E-state index is 0.883. The van der Waals surface area contributed by atoms with E-state index in [0.717, 1.165) is 17.2 Å². The Bertz CT molecular complexity index is 594. The summed E-state index contributed by atoms with van der Waals surface area (Å²) in [5.74, 6) is 0.883. The van der Waals surface area contributed by atoms with Crippen molar-refractivity contribution in [3.8, 4) is 10.8 Å². The first-order valence-corrected chi connectivity index (χ1v) is 7.49. The van der Waals surface area contributed by atoms with E-state index in [2.05, 4.69) is 38.1 Å². The van der Waals surface area contributed by atoms with Crippen LogP contribution in [0.5, 0.6) is 10.8 Å². The lowest BCUT2D eigenvalue weighted by Gasteiger charge is -2.05. The molecule has 0 unspecified atom stereocenters. The molecule has 3 heteroatoms. The summed E-state index contributed by atoms with van der Waals surface area (Å²) in [4.78, 5) is 1.29. The third kappa shape index (κ3) is 3.23. The van der Waals surface area contributed by atoms with Gasteiger partial charge in [0.25, 0.3) is 0 Å². The number of benzene rings is 1. The van der Waals surface area contributed by atoms with Crippen LogP contribution in [0.1, 0.15) is 29.3 Å². The average molecular weight is 288 g/mol. The van der Waals surface area contributed by atoms with Gasteiger partial charge < -0.3 is 9.47 Å². The molecule has 0 saturated heterocycles. The van der Waals surface area contributed by atoms with Gasteiger partial charge in [0.2, 0.25) is 0 Å². The van der Waals surface area contributed by atoms with E-state index in [1.54, 1.807) is 25.6 Å². The Morgan fingerprint density at radius 1 is 1.15 bits per heavy atom. The molecule has 0 spiro atoms. The van der Waals surface area contributed by atoms with Crippen molar-refractivity contribution in [3.05, 3.63) is 46.3 Å². The van der Waals surface area contributed by atoms with Crippen LogP contribution in [0.25, 0.3) is 11.6 Å². The van der Waals surface area contributed by atoms with E-state index in [-0.39, 0.29) is 0 Å². The van der Waals surface area contributed by atoms with Crippen LogP contribution >= 0.6 is 11.3 Å². The van der Waals surface area contributed by atoms with E-state index in [0.29, 0.717) is 0 Å². The second-order valence-corrected chi connectivity index (χ2v) is 5.75. The monoisotopic (exact) mass is 288 g/mol. The molecule has 0 atom stereocenters. The van der Waals surface area contributed by atoms with Crippen molar-refractivity contribution in [2.75, 3.05) is 14.2 Å². The standard InChI is InChI=1S/C17H20O2S/c1-5-14(16-11-17(19-4)20-12(16)2)10-13-6-8-15(18-3)9-7-13/h6-11H,5H2,1-4H3. The van der Waals surface area contributed by atoms with Crippen LogP contribution in [0.2, 0.25) is 0 Å². The molecular weight excluding hydrogens is 268 g/mol. The zero-order valence-corrected chi connectivity index (χ0v) is 13.2. The van der Waals surface area contributed by atoms with Crippen LogP contribution in [-0.2, 0) is 0 Å². The van der Waals surface area contributed by atoms with Crippen LogP contribution < -0.4 is 9.47 Å². The minimum absolute atomic E-state index is 0.883. The Hall–Kier alpha value is -1.74. The van der Waals surface area contributed by atoms with Gasteiger partial charge in [0.05, 0.1) is 14.2 Å². The molecule has 1 aromatic carbocycles. The summed E-state index contributed by atoms with van der Waals surface area (Å²) >= 11 is 1.69. The fourth-order valence-electron chi connectivity index (χ4n) is 2.15. The predicted octanol–water partition coefficient (Wildman–Crippen LogP) is 5.02. The topological polar surface area (TPSA) is 18.5 Å². The molecule has 0 amide bonds. The van der Waals surface area contributed by atoms with Gasteiger partial charge in [-0.25, -0.2) is 0 Å². The summed E-state index contributed by atoms with van der Waals surface area (Å²) in [7, 11) is 3.40. The zero-order valence-electron chi connectivity index (χ0n) is 12.4. The van der Waals surface area contributed by atoms with E-state index >= 15 is 0 Å². The van der Waals surface area contributed by atoms with Gasteiger partial charge >= 0.3 is 0 Å². The minimum Gasteiger partial charge on any atom is -0.497 e. The smallest absolute Gasteiger partial charge is 0.174 e. The van der Waals surface area contributed by atoms with E-state index in [1.165, 1.54) is 21.6 Å². The van der Waals surface area contributed by atoms with Crippen LogP contribution in [0.15, 0.2) is 30.3 Å². The number of allylic oxidation sites excluding steroid dienone is 1. The van der Waals surface area contributed by atoms with Gasteiger partial charge in [-0.3, -0.25) is 0 Å². The first-order chi connectivity index (χ1) is 9.67. The highest BCUT2D eigenvalue weighted by atomic mass is 32.1. The van der Waals surface area contributed by atoms with E-state index in [1.807, 2.05) is 12.1 Å². The Kier molecular flexibility index (Phi) is 4.85. The predicted molar refractivity (Wildman–Crippen MR) is 86.8 cm³/mol. The number of hydrogen-bond donors (Lipinski definition) is 0. The molecular formula is C17H20O2S. The van der Waals surface area contributed by atoms with Crippen molar-refractivity contribution < 1.29 is 9.47 Å². The molecule has 0 N–H and O–H groups in total. The summed E-state index contributed by atoms with van der Waals surface area (Å²) in [5, 5.41) is 0.964. The number of thiophene rings is 1. The number of methoxy groups -OCH3 is 2. The van der Waals surface area contributed by atoms with Crippen molar-refractivity contribution in [3.63, 3.8) is 0 Å². The van der Waals surface area contributed by atoms with Gasteiger partial charge in [-0.1, -0.05) is 25.1 Å². The normalized spacial score (nSPS) is 11.5. The molecule has 2 nitrogen and oxygen atoms in total. The third-order valence-electron chi connectivity index (χ3n) is 3.28.